The first-order valence-corrected chi connectivity index (χ1v) is 13.2. The fourth-order valence-electron chi connectivity index (χ4n) is 5.18. The minimum atomic E-state index is 0.851. The van der Waals surface area contributed by atoms with Crippen molar-refractivity contribution in [1.29, 1.82) is 0 Å². The molecule has 0 aliphatic heterocycles. The summed E-state index contributed by atoms with van der Waals surface area (Å²) in [5.74, 6) is 0.851. The van der Waals surface area contributed by atoms with Crippen LogP contribution in [-0.4, -0.2) is 4.98 Å². The lowest BCUT2D eigenvalue weighted by molar-refractivity contribution is 1.13. The molecule has 1 aromatic heterocycles. The quantitative estimate of drug-likeness (QED) is 0.215. The molecule has 5 aromatic rings. The summed E-state index contributed by atoms with van der Waals surface area (Å²) in [7, 11) is 0. The van der Waals surface area contributed by atoms with Crippen LogP contribution in [-0.2, 0) is 0 Å². The molecule has 2 nitrogen and oxygen atoms in total. The molecule has 38 heavy (non-hydrogen) atoms. The van der Waals surface area contributed by atoms with Gasteiger partial charge < -0.3 is 0 Å². The smallest absolute Gasteiger partial charge is 0.137 e. The van der Waals surface area contributed by atoms with Gasteiger partial charge in [-0.15, -0.1) is 0 Å². The summed E-state index contributed by atoms with van der Waals surface area (Å²) in [5, 5.41) is 2.63. The fourth-order valence-corrected chi connectivity index (χ4v) is 5.18. The molecule has 1 aliphatic carbocycles. The van der Waals surface area contributed by atoms with E-state index < -0.39 is 0 Å². The zero-order chi connectivity index (χ0) is 26.5. The summed E-state index contributed by atoms with van der Waals surface area (Å²) in [6, 6.07) is 34.6. The van der Waals surface area contributed by atoms with Gasteiger partial charge in [0, 0.05) is 17.6 Å². The Bertz CT molecular complexity index is 1610. The zero-order valence-corrected chi connectivity index (χ0v) is 22.2. The lowest BCUT2D eigenvalue weighted by Gasteiger charge is -2.25. The highest BCUT2D eigenvalue weighted by Gasteiger charge is 2.22. The van der Waals surface area contributed by atoms with Gasteiger partial charge in [-0.1, -0.05) is 105 Å². The van der Waals surface area contributed by atoms with Gasteiger partial charge >= 0.3 is 0 Å². The van der Waals surface area contributed by atoms with Crippen LogP contribution in [0.25, 0.3) is 44.2 Å². The summed E-state index contributed by atoms with van der Waals surface area (Å²) in [6.07, 6.45) is 9.76. The molecule has 0 saturated carbocycles. The lowest BCUT2D eigenvalue weighted by Crippen LogP contribution is -2.16. The van der Waals surface area contributed by atoms with Gasteiger partial charge in [0.2, 0.25) is 0 Å². The normalized spacial score (nSPS) is 11.7. The fraction of sp³-hybridized carbons (Fsp3) is 0.0833. The Morgan fingerprint density at radius 3 is 2.03 bits per heavy atom. The third-order valence-electron chi connectivity index (χ3n) is 6.79. The molecule has 0 amide bonds. The second-order valence-corrected chi connectivity index (χ2v) is 8.83. The van der Waals surface area contributed by atoms with E-state index in [4.69, 9.17) is 0 Å². The van der Waals surface area contributed by atoms with Crippen molar-refractivity contribution in [2.75, 3.05) is 4.90 Å². The zero-order valence-electron chi connectivity index (χ0n) is 22.2. The topological polar surface area (TPSA) is 16.1 Å². The van der Waals surface area contributed by atoms with Crippen LogP contribution in [0.4, 0.5) is 11.5 Å². The van der Waals surface area contributed by atoms with E-state index >= 15 is 0 Å². The summed E-state index contributed by atoms with van der Waals surface area (Å²) >= 11 is 0. The summed E-state index contributed by atoms with van der Waals surface area (Å²) in [6.45, 7) is 10.1. The molecule has 0 atom stereocenters. The van der Waals surface area contributed by atoms with E-state index in [2.05, 4.69) is 101 Å². The molecular weight excluding hydrogens is 460 g/mol. The van der Waals surface area contributed by atoms with E-state index in [1.54, 1.807) is 0 Å². The van der Waals surface area contributed by atoms with Crippen molar-refractivity contribution in [3.8, 4) is 33.4 Å². The molecule has 0 radical (unpaired) electrons. The van der Waals surface area contributed by atoms with Crippen molar-refractivity contribution in [3.05, 3.63) is 140 Å². The first kappa shape index (κ1) is 25.0. The molecular formula is C36H32N2. The van der Waals surface area contributed by atoms with Gasteiger partial charge in [0.15, 0.2) is 0 Å². The largest absolute Gasteiger partial charge is 0.295 e. The molecule has 0 N–H and O–H groups in total. The van der Waals surface area contributed by atoms with Crippen molar-refractivity contribution >= 4 is 22.3 Å². The highest BCUT2D eigenvalue weighted by atomic mass is 15.2. The van der Waals surface area contributed by atoms with Crippen LogP contribution in [0.1, 0.15) is 20.8 Å². The molecule has 2 heteroatoms. The molecule has 0 unspecified atom stereocenters. The van der Waals surface area contributed by atoms with E-state index in [1.807, 2.05) is 63.4 Å². The predicted molar refractivity (Wildman–Crippen MR) is 165 cm³/mol. The molecule has 0 spiro atoms. The first-order chi connectivity index (χ1) is 18.8. The maximum Gasteiger partial charge on any atom is 0.137 e. The van der Waals surface area contributed by atoms with Gasteiger partial charge in [-0.2, -0.15) is 0 Å². The van der Waals surface area contributed by atoms with Crippen molar-refractivity contribution in [2.45, 2.75) is 20.8 Å². The monoisotopic (exact) mass is 492 g/mol. The van der Waals surface area contributed by atoms with E-state index in [-0.39, 0.29) is 0 Å². The number of benzene rings is 4. The van der Waals surface area contributed by atoms with Crippen LogP contribution in [0.15, 0.2) is 140 Å². The van der Waals surface area contributed by atoms with Crippen LogP contribution >= 0.6 is 0 Å². The Morgan fingerprint density at radius 1 is 0.711 bits per heavy atom. The highest BCUT2D eigenvalue weighted by Crippen LogP contribution is 2.49. The first-order valence-electron chi connectivity index (χ1n) is 13.2. The molecule has 1 aliphatic rings. The number of fused-ring (bicyclic) bond motifs is 3. The SMILES string of the molecule is C=C/C(=C\C=C/C)N(c1ccc(-c2ccc3c4c(cccc24)-c2ccccc2-3)cc1)c1ccccn1.CC. The standard InChI is InChI=1S/C34H26N2.C2H6/c1-3-5-11-25(4-2)36(33-16-8-9-23-35-33)26-19-17-24(18-20-26)27-21-22-32-29-13-7-6-12-28(29)31-15-10-14-30(27)34(31)32;1-2/h3-23H,2H2,1H3;1-2H3/b5-3-,25-11+;. The van der Waals surface area contributed by atoms with Gasteiger partial charge in [-0.05, 0) is 87.5 Å². The van der Waals surface area contributed by atoms with E-state index in [0.29, 0.717) is 0 Å². The highest BCUT2D eigenvalue weighted by molar-refractivity contribution is 6.18. The Kier molecular flexibility index (Phi) is 7.33. The van der Waals surface area contributed by atoms with Crippen molar-refractivity contribution in [3.63, 3.8) is 0 Å². The van der Waals surface area contributed by atoms with Gasteiger partial charge in [0.25, 0.3) is 0 Å². The van der Waals surface area contributed by atoms with Crippen LogP contribution in [0.2, 0.25) is 0 Å². The van der Waals surface area contributed by atoms with Crippen LogP contribution in [0.3, 0.4) is 0 Å². The van der Waals surface area contributed by atoms with Crippen LogP contribution < -0.4 is 4.90 Å². The number of hydrogen-bond acceptors (Lipinski definition) is 2. The van der Waals surface area contributed by atoms with Crippen LogP contribution in [0, 0.1) is 0 Å². The van der Waals surface area contributed by atoms with Gasteiger partial charge in [0.05, 0.1) is 0 Å². The number of aromatic nitrogens is 1. The Morgan fingerprint density at radius 2 is 1.37 bits per heavy atom. The van der Waals surface area contributed by atoms with Gasteiger partial charge in [-0.25, -0.2) is 4.98 Å². The maximum absolute atomic E-state index is 4.61. The Hall–Kier alpha value is -4.69. The van der Waals surface area contributed by atoms with Crippen molar-refractivity contribution < 1.29 is 0 Å². The average Bonchev–Trinajstić information content (AvgIpc) is 3.32. The number of anilines is 2. The number of hydrogen-bond donors (Lipinski definition) is 0. The van der Waals surface area contributed by atoms with Gasteiger partial charge in [0.1, 0.15) is 5.82 Å². The van der Waals surface area contributed by atoms with E-state index in [1.165, 1.54) is 44.2 Å². The van der Waals surface area contributed by atoms with Crippen molar-refractivity contribution in [2.24, 2.45) is 0 Å². The molecule has 0 saturated heterocycles. The third kappa shape index (κ3) is 4.35. The summed E-state index contributed by atoms with van der Waals surface area (Å²) in [4.78, 5) is 6.74. The third-order valence-corrected chi connectivity index (χ3v) is 6.79. The number of nitrogens with zero attached hydrogens (tertiary/aromatic N) is 2. The van der Waals surface area contributed by atoms with Crippen molar-refractivity contribution in [1.82, 2.24) is 4.98 Å². The molecule has 6 rings (SSSR count). The second kappa shape index (κ2) is 11.1. The maximum atomic E-state index is 4.61. The molecule has 1 heterocycles. The molecule has 0 bridgehead atoms. The summed E-state index contributed by atoms with van der Waals surface area (Å²) in [5.41, 5.74) is 9.71. The predicted octanol–water partition coefficient (Wildman–Crippen LogP) is 10.4. The Labute approximate surface area is 225 Å². The Balaban J connectivity index is 0.00000144. The van der Waals surface area contributed by atoms with Gasteiger partial charge in [-0.3, -0.25) is 4.90 Å². The minimum Gasteiger partial charge on any atom is -0.295 e. The minimum absolute atomic E-state index is 0.851. The molecule has 4 aromatic carbocycles. The number of allylic oxidation sites excluding steroid dienone is 4. The van der Waals surface area contributed by atoms with E-state index in [9.17, 15) is 0 Å². The lowest BCUT2D eigenvalue weighted by atomic mass is 9.94. The number of pyridine rings is 1. The second-order valence-electron chi connectivity index (χ2n) is 8.83. The summed E-state index contributed by atoms with van der Waals surface area (Å²) < 4.78 is 0. The number of rotatable bonds is 6. The average molecular weight is 493 g/mol. The van der Waals surface area contributed by atoms with E-state index in [0.717, 1.165) is 17.2 Å². The van der Waals surface area contributed by atoms with Crippen LogP contribution in [0.5, 0.6) is 0 Å². The molecule has 0 fully saturated rings. The molecule has 186 valence electrons.